The molecule has 0 saturated heterocycles. The first kappa shape index (κ1) is 16.0. The normalized spacial score (nSPS) is 12.6. The zero-order valence-electron chi connectivity index (χ0n) is 12.1. The Balaban J connectivity index is 2.64. The highest BCUT2D eigenvalue weighted by Gasteiger charge is 2.22. The lowest BCUT2D eigenvalue weighted by atomic mass is 10.0. The Morgan fingerprint density at radius 3 is 2.30 bits per heavy atom. The molecule has 1 aromatic carbocycles. The van der Waals surface area contributed by atoms with E-state index in [0.29, 0.717) is 0 Å². The van der Waals surface area contributed by atoms with Crippen LogP contribution in [0, 0.1) is 5.92 Å². The predicted molar refractivity (Wildman–Crippen MR) is 79.3 cm³/mol. The van der Waals surface area contributed by atoms with Gasteiger partial charge in [-0.25, -0.2) is 4.79 Å². The predicted octanol–water partition coefficient (Wildman–Crippen LogP) is 2.49. The number of amides is 1. The van der Waals surface area contributed by atoms with Crippen LogP contribution in [0.4, 0.5) is 0 Å². The standard InChI is InChI=1S/C16H21NO3/c1-4-12-5-7-13(8-6-12)9-10-14(18)17-15(11(2)3)16(19)20/h5-11,15H,4H2,1-3H3,(H,17,18)(H,19,20)/b10-9+/t15-/m0/s1. The van der Waals surface area contributed by atoms with E-state index < -0.39 is 17.9 Å². The van der Waals surface area contributed by atoms with Crippen LogP contribution < -0.4 is 5.32 Å². The summed E-state index contributed by atoms with van der Waals surface area (Å²) in [6, 6.07) is 7.01. The van der Waals surface area contributed by atoms with Crippen molar-refractivity contribution >= 4 is 18.0 Å². The van der Waals surface area contributed by atoms with Gasteiger partial charge in [-0.2, -0.15) is 0 Å². The summed E-state index contributed by atoms with van der Waals surface area (Å²) in [5.74, 6) is -1.58. The second-order valence-electron chi connectivity index (χ2n) is 5.00. The highest BCUT2D eigenvalue weighted by molar-refractivity contribution is 5.94. The summed E-state index contributed by atoms with van der Waals surface area (Å²) < 4.78 is 0. The van der Waals surface area contributed by atoms with E-state index in [1.165, 1.54) is 11.6 Å². The molecule has 1 atom stereocenters. The zero-order valence-corrected chi connectivity index (χ0v) is 12.1. The van der Waals surface area contributed by atoms with Crippen molar-refractivity contribution in [3.63, 3.8) is 0 Å². The lowest BCUT2D eigenvalue weighted by molar-refractivity contribution is -0.142. The highest BCUT2D eigenvalue weighted by atomic mass is 16.4. The van der Waals surface area contributed by atoms with Gasteiger partial charge in [-0.05, 0) is 29.5 Å². The average Bonchev–Trinajstić information content (AvgIpc) is 2.42. The van der Waals surface area contributed by atoms with Crippen molar-refractivity contribution in [2.75, 3.05) is 0 Å². The number of aryl methyl sites for hydroxylation is 1. The van der Waals surface area contributed by atoms with E-state index in [4.69, 9.17) is 5.11 Å². The Bertz CT molecular complexity index is 489. The lowest BCUT2D eigenvalue weighted by Gasteiger charge is -2.16. The van der Waals surface area contributed by atoms with Crippen LogP contribution in [0.2, 0.25) is 0 Å². The van der Waals surface area contributed by atoms with Crippen LogP contribution in [-0.2, 0) is 16.0 Å². The van der Waals surface area contributed by atoms with Gasteiger partial charge in [-0.3, -0.25) is 4.79 Å². The highest BCUT2D eigenvalue weighted by Crippen LogP contribution is 2.07. The van der Waals surface area contributed by atoms with Crippen molar-refractivity contribution in [1.29, 1.82) is 0 Å². The Kier molecular flexibility index (Phi) is 5.97. The number of carbonyl (C=O) groups is 2. The molecule has 0 unspecified atom stereocenters. The number of aliphatic carboxylic acids is 1. The molecule has 0 aliphatic heterocycles. The number of nitrogens with one attached hydrogen (secondary N) is 1. The Labute approximate surface area is 119 Å². The molecule has 2 N–H and O–H groups in total. The molecule has 0 spiro atoms. The van der Waals surface area contributed by atoms with E-state index in [-0.39, 0.29) is 5.92 Å². The quantitative estimate of drug-likeness (QED) is 0.784. The molecule has 1 aromatic rings. The molecule has 4 nitrogen and oxygen atoms in total. The molecular formula is C16H21NO3. The van der Waals surface area contributed by atoms with Gasteiger partial charge in [-0.1, -0.05) is 45.0 Å². The Morgan fingerprint density at radius 1 is 1.25 bits per heavy atom. The summed E-state index contributed by atoms with van der Waals surface area (Å²) in [6.07, 6.45) is 4.01. The number of carboxylic acids is 1. The fraction of sp³-hybridized carbons (Fsp3) is 0.375. The molecule has 0 heterocycles. The molecule has 0 fully saturated rings. The third-order valence-corrected chi connectivity index (χ3v) is 3.05. The van der Waals surface area contributed by atoms with Crippen molar-refractivity contribution in [1.82, 2.24) is 5.32 Å². The summed E-state index contributed by atoms with van der Waals surface area (Å²) in [5.41, 5.74) is 2.14. The summed E-state index contributed by atoms with van der Waals surface area (Å²) in [6.45, 7) is 5.59. The van der Waals surface area contributed by atoms with Gasteiger partial charge in [0.25, 0.3) is 0 Å². The van der Waals surface area contributed by atoms with E-state index >= 15 is 0 Å². The van der Waals surface area contributed by atoms with Crippen LogP contribution in [0.25, 0.3) is 6.08 Å². The van der Waals surface area contributed by atoms with Crippen molar-refractivity contribution in [2.45, 2.75) is 33.2 Å². The minimum Gasteiger partial charge on any atom is -0.480 e. The maximum Gasteiger partial charge on any atom is 0.326 e. The third kappa shape index (κ3) is 4.88. The van der Waals surface area contributed by atoms with Gasteiger partial charge in [0, 0.05) is 6.08 Å². The molecule has 0 aliphatic carbocycles. The van der Waals surface area contributed by atoms with Gasteiger partial charge in [-0.15, -0.1) is 0 Å². The number of rotatable bonds is 6. The first-order chi connectivity index (χ1) is 9.43. The molecule has 0 radical (unpaired) electrons. The first-order valence-corrected chi connectivity index (χ1v) is 6.74. The summed E-state index contributed by atoms with van der Waals surface area (Å²) in [5, 5.41) is 11.5. The van der Waals surface area contributed by atoms with Gasteiger partial charge < -0.3 is 10.4 Å². The minimum atomic E-state index is -1.02. The second kappa shape index (κ2) is 7.48. The van der Waals surface area contributed by atoms with E-state index in [1.807, 2.05) is 24.3 Å². The van der Waals surface area contributed by atoms with Crippen LogP contribution in [0.1, 0.15) is 31.9 Å². The van der Waals surface area contributed by atoms with Crippen LogP contribution in [-0.4, -0.2) is 23.0 Å². The summed E-state index contributed by atoms with van der Waals surface area (Å²) in [4.78, 5) is 22.7. The number of carboxylic acid groups (broad SMARTS) is 1. The largest absolute Gasteiger partial charge is 0.480 e. The maximum atomic E-state index is 11.7. The first-order valence-electron chi connectivity index (χ1n) is 6.74. The van der Waals surface area contributed by atoms with Gasteiger partial charge in [0.15, 0.2) is 0 Å². The molecule has 1 amide bonds. The van der Waals surface area contributed by atoms with Crippen LogP contribution in [0.5, 0.6) is 0 Å². The van der Waals surface area contributed by atoms with Gasteiger partial charge in [0.2, 0.25) is 5.91 Å². The average molecular weight is 275 g/mol. The Morgan fingerprint density at radius 2 is 1.85 bits per heavy atom. The SMILES string of the molecule is CCc1ccc(/C=C/C(=O)N[C@H](C(=O)O)C(C)C)cc1. The molecule has 20 heavy (non-hydrogen) atoms. The van der Waals surface area contributed by atoms with Crippen LogP contribution >= 0.6 is 0 Å². The number of hydrogen-bond donors (Lipinski definition) is 2. The summed E-state index contributed by atoms with van der Waals surface area (Å²) >= 11 is 0. The molecule has 108 valence electrons. The van der Waals surface area contributed by atoms with Crippen molar-refractivity contribution < 1.29 is 14.7 Å². The molecular weight excluding hydrogens is 254 g/mol. The van der Waals surface area contributed by atoms with E-state index in [9.17, 15) is 9.59 Å². The second-order valence-corrected chi connectivity index (χ2v) is 5.00. The molecule has 0 aliphatic rings. The summed E-state index contributed by atoms with van der Waals surface area (Å²) in [7, 11) is 0. The van der Waals surface area contributed by atoms with Crippen molar-refractivity contribution in [3.05, 3.63) is 41.5 Å². The molecule has 1 rings (SSSR count). The van der Waals surface area contributed by atoms with E-state index in [1.54, 1.807) is 19.9 Å². The number of carbonyl (C=O) groups excluding carboxylic acids is 1. The lowest BCUT2D eigenvalue weighted by Crippen LogP contribution is -2.43. The fourth-order valence-electron chi connectivity index (χ4n) is 1.75. The van der Waals surface area contributed by atoms with Crippen molar-refractivity contribution in [3.8, 4) is 0 Å². The molecule has 0 saturated carbocycles. The van der Waals surface area contributed by atoms with Gasteiger partial charge in [0.1, 0.15) is 6.04 Å². The van der Waals surface area contributed by atoms with E-state index in [0.717, 1.165) is 12.0 Å². The van der Waals surface area contributed by atoms with Gasteiger partial charge in [0.05, 0.1) is 0 Å². The number of hydrogen-bond acceptors (Lipinski definition) is 2. The molecule has 0 bridgehead atoms. The smallest absolute Gasteiger partial charge is 0.326 e. The van der Waals surface area contributed by atoms with E-state index in [2.05, 4.69) is 12.2 Å². The molecule has 4 heteroatoms. The fourth-order valence-corrected chi connectivity index (χ4v) is 1.75. The topological polar surface area (TPSA) is 66.4 Å². The zero-order chi connectivity index (χ0) is 15.1. The van der Waals surface area contributed by atoms with Crippen LogP contribution in [0.15, 0.2) is 30.3 Å². The monoisotopic (exact) mass is 275 g/mol. The third-order valence-electron chi connectivity index (χ3n) is 3.05. The van der Waals surface area contributed by atoms with Crippen molar-refractivity contribution in [2.24, 2.45) is 5.92 Å². The number of benzene rings is 1. The van der Waals surface area contributed by atoms with Gasteiger partial charge >= 0.3 is 5.97 Å². The molecule has 0 aromatic heterocycles. The van der Waals surface area contributed by atoms with Crippen LogP contribution in [0.3, 0.4) is 0 Å². The maximum absolute atomic E-state index is 11.7. The Hall–Kier alpha value is -2.10. The minimum absolute atomic E-state index is 0.159.